The second-order valence-electron chi connectivity index (χ2n) is 9.30. The Morgan fingerprint density at radius 1 is 1.08 bits per heavy atom. The molecule has 8 nitrogen and oxygen atoms in total. The maximum Gasteiger partial charge on any atom is 0.340 e. The molecule has 0 saturated carbocycles. The standard InChI is InChI=1S/C22H17FN2O4.C3H7NO.C2H6/c1-9-10-3-2-4-11-13-7-25-17(19(13)24-16(18(10)11)6-15(9)23)5-12-14(21(25)27)8-29-22(28)20(12)26;5-3-1-4-2-3;1-2/h5-6,20,26H,2-4,7-8H2,1H3;3-5H,1-2H2;1-2H3. The SMILES string of the molecule is CC.Cc1c(F)cc2nc3c(c4c2c1CCC4)Cn1c-3cc2c(c1=O)COC(=O)C2O.OC1CNC1. The molecule has 5 heterocycles. The number of nitrogens with zero attached hydrogens (tertiary/aromatic N) is 2. The van der Waals surface area contributed by atoms with E-state index in [1.54, 1.807) is 17.6 Å². The minimum absolute atomic E-state index is 0.0463. The highest BCUT2D eigenvalue weighted by Crippen LogP contribution is 2.41. The first-order chi connectivity index (χ1) is 17.3. The molecule has 0 amide bonds. The Kier molecular flexibility index (Phi) is 6.40. The van der Waals surface area contributed by atoms with Gasteiger partial charge in [0.05, 0.1) is 35.1 Å². The van der Waals surface area contributed by atoms with Gasteiger partial charge in [0.15, 0.2) is 6.10 Å². The van der Waals surface area contributed by atoms with Crippen molar-refractivity contribution in [2.75, 3.05) is 13.1 Å². The zero-order valence-electron chi connectivity index (χ0n) is 20.7. The topological polar surface area (TPSA) is 114 Å². The van der Waals surface area contributed by atoms with Gasteiger partial charge in [-0.25, -0.2) is 14.2 Å². The number of aliphatic hydroxyl groups excluding tert-OH is 2. The number of hydrogen-bond donors (Lipinski definition) is 3. The Labute approximate surface area is 207 Å². The highest BCUT2D eigenvalue weighted by atomic mass is 19.1. The maximum absolute atomic E-state index is 14.5. The molecule has 1 unspecified atom stereocenters. The number of aryl methyl sites for hydroxylation is 2. The van der Waals surface area contributed by atoms with Gasteiger partial charge in [-0.05, 0) is 48.9 Å². The minimum atomic E-state index is -1.48. The molecule has 190 valence electrons. The van der Waals surface area contributed by atoms with Crippen molar-refractivity contribution in [1.29, 1.82) is 0 Å². The number of esters is 1. The molecule has 3 aliphatic heterocycles. The van der Waals surface area contributed by atoms with E-state index in [1.165, 1.54) is 6.07 Å². The van der Waals surface area contributed by atoms with Crippen LogP contribution < -0.4 is 10.9 Å². The molecule has 1 saturated heterocycles. The molecule has 1 fully saturated rings. The lowest BCUT2D eigenvalue weighted by atomic mass is 9.85. The van der Waals surface area contributed by atoms with Gasteiger partial charge in [0.25, 0.3) is 5.56 Å². The van der Waals surface area contributed by atoms with E-state index in [0.29, 0.717) is 34.6 Å². The Bertz CT molecular complexity index is 1440. The first-order valence-electron chi connectivity index (χ1n) is 12.5. The van der Waals surface area contributed by atoms with E-state index >= 15 is 0 Å². The number of rotatable bonds is 0. The van der Waals surface area contributed by atoms with Gasteiger partial charge in [0.1, 0.15) is 12.4 Å². The van der Waals surface area contributed by atoms with Crippen LogP contribution in [-0.4, -0.2) is 44.9 Å². The number of carbonyl (C=O) groups is 1. The van der Waals surface area contributed by atoms with E-state index in [4.69, 9.17) is 14.8 Å². The molecule has 36 heavy (non-hydrogen) atoms. The fraction of sp³-hybridized carbons (Fsp3) is 0.444. The molecule has 3 N–H and O–H groups in total. The van der Waals surface area contributed by atoms with Crippen molar-refractivity contribution < 1.29 is 24.1 Å². The van der Waals surface area contributed by atoms with Crippen molar-refractivity contribution in [1.82, 2.24) is 14.9 Å². The number of aromatic nitrogens is 2. The maximum atomic E-state index is 14.5. The lowest BCUT2D eigenvalue weighted by molar-refractivity contribution is -0.157. The number of halogens is 1. The average molecular weight is 496 g/mol. The molecule has 0 radical (unpaired) electrons. The van der Waals surface area contributed by atoms with Gasteiger partial charge in [-0.1, -0.05) is 13.8 Å². The number of benzene rings is 1. The lowest BCUT2D eigenvalue weighted by Gasteiger charge is -2.22. The summed E-state index contributed by atoms with van der Waals surface area (Å²) in [6.45, 7) is 7.63. The number of β-amino-alcohol motifs (C(OH)–C–C–N with tert-alkyl or cyclic N) is 1. The predicted octanol–water partition coefficient (Wildman–Crippen LogP) is 2.43. The Balaban J connectivity index is 0.000000337. The fourth-order valence-corrected chi connectivity index (χ4v) is 5.34. The Morgan fingerprint density at radius 3 is 2.44 bits per heavy atom. The van der Waals surface area contributed by atoms with Crippen LogP contribution in [0.15, 0.2) is 16.9 Å². The van der Waals surface area contributed by atoms with Crippen LogP contribution in [0.1, 0.15) is 59.8 Å². The van der Waals surface area contributed by atoms with Gasteiger partial charge in [-0.15, -0.1) is 0 Å². The zero-order chi connectivity index (χ0) is 25.7. The monoisotopic (exact) mass is 495 g/mol. The summed E-state index contributed by atoms with van der Waals surface area (Å²) in [5.41, 5.74) is 5.86. The van der Waals surface area contributed by atoms with Crippen molar-refractivity contribution in [2.45, 2.75) is 65.4 Å². The van der Waals surface area contributed by atoms with Crippen LogP contribution in [0.25, 0.3) is 22.3 Å². The molecular formula is C27H30FN3O5. The van der Waals surface area contributed by atoms with E-state index in [2.05, 4.69) is 5.32 Å². The van der Waals surface area contributed by atoms with E-state index < -0.39 is 12.1 Å². The van der Waals surface area contributed by atoms with E-state index in [9.17, 15) is 19.1 Å². The van der Waals surface area contributed by atoms with Crippen LogP contribution in [-0.2, 0) is 35.5 Å². The van der Waals surface area contributed by atoms with E-state index in [1.807, 2.05) is 13.8 Å². The Hall–Kier alpha value is -3.14. The van der Waals surface area contributed by atoms with Crippen LogP contribution in [0.2, 0.25) is 0 Å². The first-order valence-corrected chi connectivity index (χ1v) is 12.5. The van der Waals surface area contributed by atoms with Gasteiger partial charge in [0, 0.05) is 35.7 Å². The molecule has 9 heteroatoms. The average Bonchev–Trinajstić information content (AvgIpc) is 3.24. The second kappa shape index (κ2) is 9.38. The van der Waals surface area contributed by atoms with Gasteiger partial charge in [-0.3, -0.25) is 4.79 Å². The van der Waals surface area contributed by atoms with Crippen LogP contribution >= 0.6 is 0 Å². The summed E-state index contributed by atoms with van der Waals surface area (Å²) < 4.78 is 21.1. The summed E-state index contributed by atoms with van der Waals surface area (Å²) >= 11 is 0. The van der Waals surface area contributed by atoms with Gasteiger partial charge in [-0.2, -0.15) is 0 Å². The highest BCUT2D eigenvalue weighted by Gasteiger charge is 2.35. The summed E-state index contributed by atoms with van der Waals surface area (Å²) in [5.74, 6) is -1.03. The van der Waals surface area contributed by atoms with Gasteiger partial charge >= 0.3 is 5.97 Å². The van der Waals surface area contributed by atoms with Crippen LogP contribution in [0.3, 0.4) is 0 Å². The fourth-order valence-electron chi connectivity index (χ4n) is 5.34. The van der Waals surface area contributed by atoms with Crippen LogP contribution in [0.5, 0.6) is 0 Å². The van der Waals surface area contributed by atoms with Gasteiger partial charge in [0.2, 0.25) is 0 Å². The van der Waals surface area contributed by atoms with Crippen LogP contribution in [0.4, 0.5) is 4.39 Å². The number of fused-ring (bicyclic) bond motifs is 5. The number of nitrogens with one attached hydrogen (secondary N) is 1. The number of cyclic esters (lactones) is 1. The molecule has 0 spiro atoms. The third-order valence-electron chi connectivity index (χ3n) is 7.30. The van der Waals surface area contributed by atoms with Crippen molar-refractivity contribution in [3.63, 3.8) is 0 Å². The molecule has 3 aromatic rings. The third kappa shape index (κ3) is 3.73. The predicted molar refractivity (Wildman–Crippen MR) is 132 cm³/mol. The molecule has 0 bridgehead atoms. The zero-order valence-corrected chi connectivity index (χ0v) is 20.7. The normalized spacial score (nSPS) is 19.1. The summed E-state index contributed by atoms with van der Waals surface area (Å²) in [5, 5.41) is 22.5. The molecule has 1 aliphatic carbocycles. The quantitative estimate of drug-likeness (QED) is 0.321. The molecule has 2 aromatic heterocycles. The van der Waals surface area contributed by atoms with Crippen LogP contribution in [0, 0.1) is 12.7 Å². The number of pyridine rings is 2. The minimum Gasteiger partial charge on any atom is -0.458 e. The number of hydrogen-bond acceptors (Lipinski definition) is 7. The summed E-state index contributed by atoms with van der Waals surface area (Å²) in [4.78, 5) is 29.6. The number of ether oxygens (including phenoxy) is 1. The molecular weight excluding hydrogens is 465 g/mol. The van der Waals surface area contributed by atoms with Crippen molar-refractivity contribution in [3.05, 3.63) is 61.7 Å². The van der Waals surface area contributed by atoms with E-state index in [0.717, 1.165) is 54.4 Å². The van der Waals surface area contributed by atoms with Crippen molar-refractivity contribution in [2.24, 2.45) is 0 Å². The first kappa shape index (κ1) is 24.5. The summed E-state index contributed by atoms with van der Waals surface area (Å²) in [7, 11) is 0. The lowest BCUT2D eigenvalue weighted by Crippen LogP contribution is -2.46. The van der Waals surface area contributed by atoms with Crippen molar-refractivity contribution >= 4 is 16.9 Å². The number of carbonyl (C=O) groups excluding carboxylic acids is 1. The summed E-state index contributed by atoms with van der Waals surface area (Å²) in [6.07, 6.45) is 1.07. The smallest absolute Gasteiger partial charge is 0.340 e. The largest absolute Gasteiger partial charge is 0.458 e. The van der Waals surface area contributed by atoms with E-state index in [-0.39, 0.29) is 29.7 Å². The molecule has 7 rings (SSSR count). The van der Waals surface area contributed by atoms with Crippen molar-refractivity contribution in [3.8, 4) is 11.4 Å². The third-order valence-corrected chi connectivity index (χ3v) is 7.30. The summed E-state index contributed by atoms with van der Waals surface area (Å²) in [6, 6.07) is 3.13. The Morgan fingerprint density at radius 2 is 1.78 bits per heavy atom. The highest BCUT2D eigenvalue weighted by molar-refractivity contribution is 5.92. The molecule has 1 atom stereocenters. The second-order valence-corrected chi connectivity index (χ2v) is 9.30. The molecule has 1 aromatic carbocycles. The number of aliphatic hydroxyl groups is 2. The van der Waals surface area contributed by atoms with Gasteiger partial charge < -0.3 is 24.8 Å². The molecule has 4 aliphatic rings.